The minimum atomic E-state index is -2.83. The predicted molar refractivity (Wildman–Crippen MR) is 309 cm³/mol. The van der Waals surface area contributed by atoms with Crippen LogP contribution in [0.5, 0.6) is 0 Å². The van der Waals surface area contributed by atoms with Gasteiger partial charge in [0.25, 0.3) is 0 Å². The minimum absolute atomic E-state index is 0.0330. The Kier molecular flexibility index (Phi) is 19.0. The molecule has 2 bridgehead atoms. The topological polar surface area (TPSA) is 244 Å². The Balaban J connectivity index is 1.35. The summed E-state index contributed by atoms with van der Waals surface area (Å²) in [5.74, 6) is -5.45. The lowest BCUT2D eigenvalue weighted by Gasteiger charge is -2.67. The summed E-state index contributed by atoms with van der Waals surface area (Å²) in [5.41, 5.74) is -8.18. The normalized spacial score (nSPS) is 26.8. The van der Waals surface area contributed by atoms with Crippen LogP contribution < -0.4 is 5.32 Å². The molecule has 0 radical (unpaired) electrons. The zero-order valence-corrected chi connectivity index (χ0v) is 51.3. The number of carbonyl (C=O) groups excluding carboxylic acids is 7. The number of hydrogen-bond acceptors (Lipinski definition) is 19. The molecular formula is C63H77NO18SSi. The highest BCUT2D eigenvalue weighted by molar-refractivity contribution is 7.10. The van der Waals surface area contributed by atoms with E-state index in [1.54, 1.807) is 138 Å². The Morgan fingerprint density at radius 3 is 1.87 bits per heavy atom. The van der Waals surface area contributed by atoms with E-state index in [1.165, 1.54) is 30.4 Å². The van der Waals surface area contributed by atoms with Gasteiger partial charge in [0.1, 0.15) is 54.9 Å². The first-order valence-electron chi connectivity index (χ1n) is 28.5. The van der Waals surface area contributed by atoms with Gasteiger partial charge in [0, 0.05) is 30.1 Å². The van der Waals surface area contributed by atoms with E-state index in [9.17, 15) is 29.1 Å². The molecule has 1 amide bonds. The molecule has 4 aliphatic rings. The summed E-state index contributed by atoms with van der Waals surface area (Å²) in [6.45, 7) is 17.4. The minimum Gasteiger partial charge on any atom is -0.456 e. The number of aliphatic hydroxyl groups is 1. The number of carbonyl (C=O) groups is 7. The molecule has 8 rings (SSSR count). The first-order valence-corrected chi connectivity index (χ1v) is 31.9. The van der Waals surface area contributed by atoms with Gasteiger partial charge in [0.2, 0.25) is 0 Å². The van der Waals surface area contributed by atoms with Crippen LogP contribution in [0.15, 0.2) is 120 Å². The van der Waals surface area contributed by atoms with Crippen molar-refractivity contribution in [3.8, 4) is 0 Å². The highest BCUT2D eigenvalue weighted by atomic mass is 32.1. The molecule has 2 N–H and O–H groups in total. The highest BCUT2D eigenvalue weighted by Crippen LogP contribution is 2.65. The summed E-state index contributed by atoms with van der Waals surface area (Å²) in [6, 6.07) is 29.4. The smallest absolute Gasteiger partial charge is 0.456 e. The van der Waals surface area contributed by atoms with Crippen LogP contribution in [0.4, 0.5) is 14.4 Å². The number of hydrogen-bond donors (Lipinski definition) is 2. The number of Topliss-reactive ketones (excluding diaryl/α,β-unsaturated/α-hetero) is 1. The van der Waals surface area contributed by atoms with Crippen molar-refractivity contribution in [1.82, 2.24) is 5.32 Å². The molecule has 3 fully saturated rings. The van der Waals surface area contributed by atoms with Gasteiger partial charge in [0.15, 0.2) is 31.9 Å². The molecule has 1 unspecified atom stereocenters. The van der Waals surface area contributed by atoms with Gasteiger partial charge in [-0.05, 0) is 98.6 Å². The van der Waals surface area contributed by atoms with Crippen molar-refractivity contribution in [2.24, 2.45) is 16.7 Å². The summed E-state index contributed by atoms with van der Waals surface area (Å²) in [5, 5.41) is 19.2. The molecule has 1 aromatic heterocycles. The van der Waals surface area contributed by atoms with Crippen molar-refractivity contribution >= 4 is 61.7 Å². The van der Waals surface area contributed by atoms with Gasteiger partial charge in [-0.25, -0.2) is 24.0 Å². The molecule has 21 heteroatoms. The maximum absolute atomic E-state index is 16.8. The Morgan fingerprint density at radius 2 is 1.36 bits per heavy atom. The Morgan fingerprint density at radius 1 is 0.786 bits per heavy atom. The van der Waals surface area contributed by atoms with Crippen LogP contribution in [0.25, 0.3) is 0 Å². The number of esters is 3. The van der Waals surface area contributed by atoms with Gasteiger partial charge < -0.3 is 57.5 Å². The second-order valence-electron chi connectivity index (χ2n) is 23.8. The average molecular weight is 1200 g/mol. The standard InChI is InChI=1S/C63H77NO18SSi/c1-12-84(13-2,14-3)82-50(48(44-31-24-32-83-44)64-56(69)81-59(6,7)8)55(68)76-43-34-63(72)53(79-54(67)42-29-22-17-23-30-42)51-61(11,52(66)49(47(38(43)4)60(63,9)10)78-58(71)74-36-41-27-20-16-21-28-41)45(33-46-62(51,37-75-46)80-39(5)65)77-57(70)73-35-40-25-18-15-19-26-40/h15-32,43,45-46,48-51,53,72H,12-14,33-37H2,1-11H3,(H,64,69)/t43-,45-,46+,48-,49+,50+,51?,53-,61+,62-,63+/m0/s1. The van der Waals surface area contributed by atoms with Crippen molar-refractivity contribution in [3.63, 3.8) is 0 Å². The summed E-state index contributed by atoms with van der Waals surface area (Å²) in [6.07, 6.45) is -14.1. The number of alkyl carbamates (subject to hydrolysis) is 1. The number of fused-ring (bicyclic) bond motifs is 5. The molecule has 84 heavy (non-hydrogen) atoms. The average Bonchev–Trinajstić information content (AvgIpc) is 1.30. The number of rotatable bonds is 19. The molecule has 2 saturated carbocycles. The monoisotopic (exact) mass is 1200 g/mol. The van der Waals surface area contributed by atoms with Gasteiger partial charge in [-0.2, -0.15) is 0 Å². The van der Waals surface area contributed by atoms with Crippen molar-refractivity contribution in [2.75, 3.05) is 6.61 Å². The molecule has 1 aliphatic heterocycles. The molecule has 19 nitrogen and oxygen atoms in total. The van der Waals surface area contributed by atoms with Crippen LogP contribution >= 0.6 is 11.3 Å². The lowest BCUT2D eigenvalue weighted by atomic mass is 9.44. The van der Waals surface area contributed by atoms with Gasteiger partial charge in [-0.15, -0.1) is 11.3 Å². The molecule has 3 aliphatic carbocycles. The third-order valence-electron chi connectivity index (χ3n) is 17.3. The van der Waals surface area contributed by atoms with Crippen molar-refractivity contribution < 1.29 is 85.7 Å². The zero-order chi connectivity index (χ0) is 61.0. The number of ether oxygens (including phenoxy) is 9. The molecule has 452 valence electrons. The highest BCUT2D eigenvalue weighted by Gasteiger charge is 2.79. The number of amides is 1. The van der Waals surface area contributed by atoms with Gasteiger partial charge in [-0.1, -0.05) is 120 Å². The summed E-state index contributed by atoms with van der Waals surface area (Å²) in [7, 11) is -2.83. The van der Waals surface area contributed by atoms with Crippen LogP contribution in [0, 0.1) is 16.7 Å². The fourth-order valence-electron chi connectivity index (χ4n) is 12.6. The maximum Gasteiger partial charge on any atom is 0.509 e. The lowest BCUT2D eigenvalue weighted by molar-refractivity contribution is -0.346. The number of thiophene rings is 1. The number of nitrogens with one attached hydrogen (secondary N) is 1. The summed E-state index contributed by atoms with van der Waals surface area (Å²) < 4.78 is 62.7. The summed E-state index contributed by atoms with van der Waals surface area (Å²) in [4.78, 5) is 104. The molecule has 0 spiro atoms. The summed E-state index contributed by atoms with van der Waals surface area (Å²) >= 11 is 1.26. The van der Waals surface area contributed by atoms with E-state index in [-0.39, 0.29) is 36.3 Å². The SMILES string of the molecule is CC[Si](CC)(CC)O[C@@H](C(=O)O[C@H]1C[C@@]2(O)[C@@H](OC(=O)c3ccccc3)C3[C@](C)(C(=O)[C@H](OC(=O)OCc4ccccc4)C(=C1C)C2(C)C)[C@@H](OC(=O)OCc1ccccc1)C[C@H]1OC[C@@]31OC(C)=O)[C@@H](NC(=O)OC(C)(C)C)c1cccs1. The van der Waals surface area contributed by atoms with Crippen molar-refractivity contribution in [1.29, 1.82) is 0 Å². The fourth-order valence-corrected chi connectivity index (χ4v) is 16.2. The second kappa shape index (κ2) is 25.3. The molecular weight excluding hydrogens is 1120 g/mol. The van der Waals surface area contributed by atoms with Crippen LogP contribution in [0.3, 0.4) is 0 Å². The first kappa shape index (κ1) is 63.1. The van der Waals surface area contributed by atoms with E-state index >= 15 is 9.59 Å². The van der Waals surface area contributed by atoms with Crippen molar-refractivity contribution in [3.05, 3.63) is 141 Å². The molecule has 1 saturated heterocycles. The lowest BCUT2D eigenvalue weighted by Crippen LogP contribution is -2.82. The van der Waals surface area contributed by atoms with E-state index in [2.05, 4.69) is 5.32 Å². The third-order valence-corrected chi connectivity index (χ3v) is 22.9. The van der Waals surface area contributed by atoms with E-state index < -0.39 is 140 Å². The number of benzene rings is 3. The predicted octanol–water partition coefficient (Wildman–Crippen LogP) is 11.1. The fraction of sp³-hybridized carbons (Fsp3) is 0.508. The first-order chi connectivity index (χ1) is 39.8. The number of ketones is 1. The van der Waals surface area contributed by atoms with Gasteiger partial charge >= 0.3 is 36.3 Å². The third kappa shape index (κ3) is 12.7. The Hall–Kier alpha value is -6.91. The van der Waals surface area contributed by atoms with Crippen LogP contribution in [-0.2, 0) is 74.7 Å². The Bertz CT molecular complexity index is 3050. The van der Waals surface area contributed by atoms with E-state index in [0.717, 1.165) is 6.92 Å². The second-order valence-corrected chi connectivity index (χ2v) is 29.5. The molecule has 4 aromatic rings. The Labute approximate surface area is 495 Å². The van der Waals surface area contributed by atoms with Gasteiger partial charge in [-0.3, -0.25) is 9.59 Å². The maximum atomic E-state index is 16.8. The van der Waals surface area contributed by atoms with Crippen LogP contribution in [0.2, 0.25) is 18.1 Å². The molecule has 3 aromatic carbocycles. The largest absolute Gasteiger partial charge is 0.509 e. The quantitative estimate of drug-likeness (QED) is 0.0383. The van der Waals surface area contributed by atoms with Gasteiger partial charge in [0.05, 0.1) is 23.5 Å². The molecule has 11 atom stereocenters. The van der Waals surface area contributed by atoms with Crippen LogP contribution in [-0.4, -0.2) is 116 Å². The van der Waals surface area contributed by atoms with Crippen molar-refractivity contribution in [2.45, 2.75) is 180 Å². The molecule has 2 heterocycles. The zero-order valence-electron chi connectivity index (χ0n) is 49.5. The van der Waals surface area contributed by atoms with E-state index in [1.807, 2.05) is 20.8 Å². The van der Waals surface area contributed by atoms with E-state index in [0.29, 0.717) is 34.1 Å². The van der Waals surface area contributed by atoms with E-state index in [4.69, 9.17) is 47.1 Å². The van der Waals surface area contributed by atoms with Crippen LogP contribution in [0.1, 0.15) is 121 Å².